The summed E-state index contributed by atoms with van der Waals surface area (Å²) in [6.07, 6.45) is 1.66. The highest BCUT2D eigenvalue weighted by atomic mass is 16.5. The summed E-state index contributed by atoms with van der Waals surface area (Å²) in [7, 11) is 1.32. The Morgan fingerprint density at radius 3 is 2.53 bits per heavy atom. The van der Waals surface area contributed by atoms with E-state index in [0.29, 0.717) is 16.8 Å². The molecular formula is C15H13NO3. The summed E-state index contributed by atoms with van der Waals surface area (Å²) in [6, 6.07) is 12.1. The van der Waals surface area contributed by atoms with Crippen LogP contribution in [0, 0.1) is 0 Å². The van der Waals surface area contributed by atoms with E-state index in [4.69, 9.17) is 0 Å². The van der Waals surface area contributed by atoms with Crippen LogP contribution in [0.3, 0.4) is 0 Å². The molecule has 4 nitrogen and oxygen atoms in total. The zero-order valence-corrected chi connectivity index (χ0v) is 10.5. The van der Waals surface area contributed by atoms with E-state index in [2.05, 4.69) is 9.72 Å². The minimum Gasteiger partial charge on any atom is -0.465 e. The molecular weight excluding hydrogens is 242 g/mol. The molecule has 0 N–H and O–H groups in total. The van der Waals surface area contributed by atoms with Crippen molar-refractivity contribution in [2.24, 2.45) is 0 Å². The average molecular weight is 255 g/mol. The standard InChI is InChI=1S/C15H13NO3/c1-19-15(18)12-7-8-16-13(9-12)10-14(17)11-5-3-2-4-6-11/h2-9H,10H2,1H3. The number of carbonyl (C=O) groups is 2. The lowest BCUT2D eigenvalue weighted by molar-refractivity contribution is 0.0600. The molecule has 0 amide bonds. The Morgan fingerprint density at radius 1 is 1.11 bits per heavy atom. The molecule has 0 atom stereocenters. The maximum Gasteiger partial charge on any atom is 0.337 e. The Bertz CT molecular complexity index is 593. The molecule has 0 saturated heterocycles. The second kappa shape index (κ2) is 5.91. The van der Waals surface area contributed by atoms with Gasteiger partial charge < -0.3 is 4.74 Å². The minimum atomic E-state index is -0.434. The molecule has 0 aliphatic rings. The number of methoxy groups -OCH3 is 1. The van der Waals surface area contributed by atoms with E-state index in [9.17, 15) is 9.59 Å². The SMILES string of the molecule is COC(=O)c1ccnc(CC(=O)c2ccccc2)c1. The highest BCUT2D eigenvalue weighted by Gasteiger charge is 2.10. The number of pyridine rings is 1. The molecule has 0 spiro atoms. The molecule has 1 aromatic carbocycles. The van der Waals surface area contributed by atoms with Crippen LogP contribution in [0.1, 0.15) is 26.4 Å². The number of rotatable bonds is 4. The van der Waals surface area contributed by atoms with Crippen molar-refractivity contribution in [3.63, 3.8) is 0 Å². The largest absolute Gasteiger partial charge is 0.465 e. The normalized spacial score (nSPS) is 9.95. The number of ketones is 1. The molecule has 2 rings (SSSR count). The van der Waals surface area contributed by atoms with Crippen molar-refractivity contribution in [2.45, 2.75) is 6.42 Å². The van der Waals surface area contributed by atoms with Crippen LogP contribution in [0.2, 0.25) is 0 Å². The molecule has 0 radical (unpaired) electrons. The Hall–Kier alpha value is -2.49. The smallest absolute Gasteiger partial charge is 0.337 e. The third kappa shape index (κ3) is 3.25. The lowest BCUT2D eigenvalue weighted by Crippen LogP contribution is -2.07. The number of hydrogen-bond donors (Lipinski definition) is 0. The molecule has 4 heteroatoms. The molecule has 96 valence electrons. The van der Waals surface area contributed by atoms with Crippen LogP contribution < -0.4 is 0 Å². The van der Waals surface area contributed by atoms with Crippen LogP contribution in [-0.2, 0) is 11.2 Å². The molecule has 2 aromatic rings. The van der Waals surface area contributed by atoms with Crippen molar-refractivity contribution < 1.29 is 14.3 Å². The fourth-order valence-electron chi connectivity index (χ4n) is 1.71. The highest BCUT2D eigenvalue weighted by Crippen LogP contribution is 2.08. The maximum absolute atomic E-state index is 12.0. The Kier molecular flexibility index (Phi) is 4.03. The second-order valence-electron chi connectivity index (χ2n) is 3.99. The fraction of sp³-hybridized carbons (Fsp3) is 0.133. The number of aromatic nitrogens is 1. The predicted molar refractivity (Wildman–Crippen MR) is 70.1 cm³/mol. The number of hydrogen-bond acceptors (Lipinski definition) is 4. The van der Waals surface area contributed by atoms with Crippen LogP contribution >= 0.6 is 0 Å². The molecule has 19 heavy (non-hydrogen) atoms. The first kappa shape index (κ1) is 13.0. The Morgan fingerprint density at radius 2 is 1.84 bits per heavy atom. The third-order valence-electron chi connectivity index (χ3n) is 2.68. The van der Waals surface area contributed by atoms with E-state index in [1.54, 1.807) is 24.3 Å². The first-order valence-electron chi connectivity index (χ1n) is 5.82. The summed E-state index contributed by atoms with van der Waals surface area (Å²) >= 11 is 0. The lowest BCUT2D eigenvalue weighted by Gasteiger charge is -2.03. The Balaban J connectivity index is 2.16. The van der Waals surface area contributed by atoms with Crippen molar-refractivity contribution in [2.75, 3.05) is 7.11 Å². The van der Waals surface area contributed by atoms with E-state index in [-0.39, 0.29) is 12.2 Å². The second-order valence-corrected chi connectivity index (χ2v) is 3.99. The topological polar surface area (TPSA) is 56.3 Å². The van der Waals surface area contributed by atoms with Gasteiger partial charge >= 0.3 is 5.97 Å². The average Bonchev–Trinajstić information content (AvgIpc) is 2.47. The van der Waals surface area contributed by atoms with Crippen molar-refractivity contribution in [3.8, 4) is 0 Å². The van der Waals surface area contributed by atoms with Crippen molar-refractivity contribution in [1.29, 1.82) is 0 Å². The molecule has 0 unspecified atom stereocenters. The number of benzene rings is 1. The van der Waals surface area contributed by atoms with E-state index in [0.717, 1.165) is 0 Å². The molecule has 1 heterocycles. The van der Waals surface area contributed by atoms with Gasteiger partial charge in [-0.3, -0.25) is 9.78 Å². The van der Waals surface area contributed by atoms with Crippen molar-refractivity contribution in [3.05, 3.63) is 65.5 Å². The van der Waals surface area contributed by atoms with Crippen LogP contribution in [0.15, 0.2) is 48.7 Å². The van der Waals surface area contributed by atoms with Gasteiger partial charge in [-0.15, -0.1) is 0 Å². The number of nitrogens with zero attached hydrogens (tertiary/aromatic N) is 1. The van der Waals surface area contributed by atoms with Crippen LogP contribution in [-0.4, -0.2) is 23.8 Å². The van der Waals surface area contributed by atoms with Gasteiger partial charge in [-0.05, 0) is 12.1 Å². The van der Waals surface area contributed by atoms with Gasteiger partial charge in [-0.25, -0.2) is 4.79 Å². The van der Waals surface area contributed by atoms with E-state index >= 15 is 0 Å². The molecule has 0 saturated carbocycles. The van der Waals surface area contributed by atoms with Gasteiger partial charge in [0.25, 0.3) is 0 Å². The lowest BCUT2D eigenvalue weighted by atomic mass is 10.1. The summed E-state index contributed by atoms with van der Waals surface area (Å²) in [4.78, 5) is 27.5. The number of Topliss-reactive ketones (excluding diaryl/α,β-unsaturated/α-hetero) is 1. The third-order valence-corrected chi connectivity index (χ3v) is 2.68. The van der Waals surface area contributed by atoms with Gasteiger partial charge in [-0.2, -0.15) is 0 Å². The minimum absolute atomic E-state index is 0.0323. The van der Waals surface area contributed by atoms with Gasteiger partial charge in [-0.1, -0.05) is 30.3 Å². The van der Waals surface area contributed by atoms with Gasteiger partial charge in [0.1, 0.15) is 0 Å². The van der Waals surface area contributed by atoms with Gasteiger partial charge in [0.2, 0.25) is 0 Å². The summed E-state index contributed by atoms with van der Waals surface area (Å²) in [5.41, 5.74) is 1.58. The summed E-state index contributed by atoms with van der Waals surface area (Å²) in [5.74, 6) is -0.467. The number of esters is 1. The maximum atomic E-state index is 12.0. The van der Waals surface area contributed by atoms with Crippen LogP contribution in [0.25, 0.3) is 0 Å². The monoisotopic (exact) mass is 255 g/mol. The predicted octanol–water partition coefficient (Wildman–Crippen LogP) is 2.29. The highest BCUT2D eigenvalue weighted by molar-refractivity contribution is 5.97. The van der Waals surface area contributed by atoms with Crippen LogP contribution in [0.5, 0.6) is 0 Å². The quantitative estimate of drug-likeness (QED) is 0.621. The van der Waals surface area contributed by atoms with Gasteiger partial charge in [0, 0.05) is 17.5 Å². The summed E-state index contributed by atoms with van der Waals surface area (Å²) < 4.78 is 4.63. The van der Waals surface area contributed by atoms with Gasteiger partial charge in [0.05, 0.1) is 19.1 Å². The van der Waals surface area contributed by atoms with Crippen molar-refractivity contribution >= 4 is 11.8 Å². The molecule has 1 aromatic heterocycles. The van der Waals surface area contributed by atoms with E-state index in [1.165, 1.54) is 13.3 Å². The first-order valence-corrected chi connectivity index (χ1v) is 5.82. The van der Waals surface area contributed by atoms with Gasteiger partial charge in [0.15, 0.2) is 5.78 Å². The summed E-state index contributed by atoms with van der Waals surface area (Å²) in [5, 5.41) is 0. The van der Waals surface area contributed by atoms with Crippen LogP contribution in [0.4, 0.5) is 0 Å². The molecule has 0 fully saturated rings. The Labute approximate surface area is 111 Å². The molecule has 0 bridgehead atoms. The van der Waals surface area contributed by atoms with Crippen molar-refractivity contribution in [1.82, 2.24) is 4.98 Å². The molecule has 0 aliphatic heterocycles. The van der Waals surface area contributed by atoms with E-state index < -0.39 is 5.97 Å². The zero-order chi connectivity index (χ0) is 13.7. The first-order chi connectivity index (χ1) is 9.20. The molecule has 0 aliphatic carbocycles. The number of ether oxygens (including phenoxy) is 1. The summed E-state index contributed by atoms with van der Waals surface area (Å²) in [6.45, 7) is 0. The van der Waals surface area contributed by atoms with E-state index in [1.807, 2.05) is 18.2 Å². The fourth-order valence-corrected chi connectivity index (χ4v) is 1.71. The zero-order valence-electron chi connectivity index (χ0n) is 10.5. The number of carbonyl (C=O) groups excluding carboxylic acids is 2.